The minimum absolute atomic E-state index is 0.0567. The second-order valence-electron chi connectivity index (χ2n) is 14.1. The highest BCUT2D eigenvalue weighted by Crippen LogP contribution is 2.16. The van der Waals surface area contributed by atoms with Crippen molar-refractivity contribution < 1.29 is 24.2 Å². The van der Waals surface area contributed by atoms with Crippen molar-refractivity contribution in [2.45, 2.75) is 238 Å². The van der Waals surface area contributed by atoms with E-state index in [9.17, 15) is 14.7 Å². The van der Waals surface area contributed by atoms with Crippen LogP contribution >= 0.6 is 0 Å². The molecule has 0 radical (unpaired) electrons. The lowest BCUT2D eigenvalue weighted by Crippen LogP contribution is -2.28. The molecule has 0 unspecified atom stereocenters. The van der Waals surface area contributed by atoms with Gasteiger partial charge in [-0.3, -0.25) is 9.59 Å². The van der Waals surface area contributed by atoms with Gasteiger partial charge in [0.2, 0.25) is 0 Å². The van der Waals surface area contributed by atoms with Crippen LogP contribution in [0.5, 0.6) is 0 Å². The van der Waals surface area contributed by atoms with Gasteiger partial charge in [-0.2, -0.15) is 0 Å². The van der Waals surface area contributed by atoms with Crippen LogP contribution in [-0.4, -0.2) is 36.4 Å². The Morgan fingerprint density at radius 2 is 0.674 bits per heavy atom. The number of hydrogen-bond acceptors (Lipinski definition) is 5. The third-order valence-electron chi connectivity index (χ3n) is 9.40. The van der Waals surface area contributed by atoms with Crippen LogP contribution in [0.15, 0.2) is 0 Å². The molecule has 1 N–H and O–H groups in total. The second kappa shape index (κ2) is 38.3. The van der Waals surface area contributed by atoms with Crippen molar-refractivity contribution in [1.82, 2.24) is 0 Å². The lowest BCUT2D eigenvalue weighted by Gasteiger charge is -2.15. The molecule has 0 rings (SSSR count). The summed E-state index contributed by atoms with van der Waals surface area (Å²) in [4.78, 5) is 24.3. The molecule has 0 aromatic rings. The van der Waals surface area contributed by atoms with E-state index in [0.717, 1.165) is 32.1 Å². The first-order chi connectivity index (χ1) is 22.6. The highest BCUT2D eigenvalue weighted by Gasteiger charge is 2.16. The molecule has 5 heteroatoms. The van der Waals surface area contributed by atoms with Crippen molar-refractivity contribution in [3.05, 3.63) is 0 Å². The predicted molar refractivity (Wildman–Crippen MR) is 196 cm³/mol. The van der Waals surface area contributed by atoms with Gasteiger partial charge in [-0.15, -0.1) is 0 Å². The molecule has 0 fully saturated rings. The molecule has 0 amide bonds. The number of ether oxygens (including phenoxy) is 2. The molecule has 0 aliphatic heterocycles. The number of carbonyl (C=O) groups is 2. The quantitative estimate of drug-likeness (QED) is 0.0531. The maximum Gasteiger partial charge on any atom is 0.306 e. The molecule has 0 saturated carbocycles. The normalized spacial score (nSPS) is 12.0. The Hall–Kier alpha value is -1.10. The van der Waals surface area contributed by atoms with Gasteiger partial charge in [0.05, 0.1) is 6.61 Å². The van der Waals surface area contributed by atoms with Crippen LogP contribution in [0.4, 0.5) is 0 Å². The van der Waals surface area contributed by atoms with E-state index in [2.05, 4.69) is 13.8 Å². The predicted octanol–water partition coefficient (Wildman–Crippen LogP) is 12.7. The molecule has 46 heavy (non-hydrogen) atoms. The first-order valence-electron chi connectivity index (χ1n) is 20.6. The molecule has 0 aromatic heterocycles. The summed E-state index contributed by atoms with van der Waals surface area (Å²) in [5.74, 6) is -0.573. The van der Waals surface area contributed by atoms with Crippen molar-refractivity contribution in [2.75, 3.05) is 13.2 Å². The van der Waals surface area contributed by atoms with Crippen LogP contribution in [0.2, 0.25) is 0 Å². The minimum atomic E-state index is -0.761. The Bertz CT molecular complexity index is 622. The lowest BCUT2D eigenvalue weighted by molar-refractivity contribution is -0.161. The monoisotopic (exact) mass is 653 g/mol. The largest absolute Gasteiger partial charge is 0.462 e. The molecule has 0 aliphatic carbocycles. The van der Waals surface area contributed by atoms with Gasteiger partial charge in [-0.05, 0) is 12.8 Å². The number of rotatable bonds is 38. The van der Waals surface area contributed by atoms with Crippen molar-refractivity contribution in [1.29, 1.82) is 0 Å². The number of aliphatic hydroxyl groups excluding tert-OH is 1. The zero-order valence-electron chi connectivity index (χ0n) is 31.1. The average Bonchev–Trinajstić information content (AvgIpc) is 3.06. The highest BCUT2D eigenvalue weighted by atomic mass is 16.6. The fourth-order valence-corrected chi connectivity index (χ4v) is 6.26. The first-order valence-corrected chi connectivity index (χ1v) is 20.6. The van der Waals surface area contributed by atoms with Crippen LogP contribution < -0.4 is 0 Å². The molecule has 274 valence electrons. The molecule has 0 spiro atoms. The Morgan fingerprint density at radius 1 is 0.413 bits per heavy atom. The number of carbonyl (C=O) groups excluding carboxylic acids is 2. The molecule has 5 nitrogen and oxygen atoms in total. The minimum Gasteiger partial charge on any atom is -0.462 e. The van der Waals surface area contributed by atoms with Gasteiger partial charge in [0.25, 0.3) is 0 Å². The van der Waals surface area contributed by atoms with Crippen molar-refractivity contribution in [3.8, 4) is 0 Å². The molecule has 0 heterocycles. The van der Waals surface area contributed by atoms with Crippen molar-refractivity contribution in [3.63, 3.8) is 0 Å². The van der Waals surface area contributed by atoms with Gasteiger partial charge in [0.15, 0.2) is 6.10 Å². The summed E-state index contributed by atoms with van der Waals surface area (Å²) in [6, 6.07) is 0. The summed E-state index contributed by atoms with van der Waals surface area (Å²) >= 11 is 0. The maximum absolute atomic E-state index is 12.2. The highest BCUT2D eigenvalue weighted by molar-refractivity contribution is 5.70. The third kappa shape index (κ3) is 35.7. The van der Waals surface area contributed by atoms with E-state index in [-0.39, 0.29) is 25.2 Å². The van der Waals surface area contributed by atoms with E-state index in [0.29, 0.717) is 12.8 Å². The van der Waals surface area contributed by atoms with Gasteiger partial charge in [-0.25, -0.2) is 0 Å². The molecule has 0 saturated heterocycles. The van der Waals surface area contributed by atoms with Crippen LogP contribution in [0, 0.1) is 0 Å². The van der Waals surface area contributed by atoms with E-state index in [1.54, 1.807) is 0 Å². The lowest BCUT2D eigenvalue weighted by atomic mass is 10.0. The molecular weight excluding hydrogens is 572 g/mol. The number of aliphatic hydroxyl groups is 1. The number of unbranched alkanes of at least 4 members (excludes halogenated alkanes) is 30. The molecule has 1 atom stereocenters. The zero-order chi connectivity index (χ0) is 33.6. The molecule has 0 bridgehead atoms. The zero-order valence-corrected chi connectivity index (χ0v) is 31.1. The first kappa shape index (κ1) is 44.9. The van der Waals surface area contributed by atoms with Gasteiger partial charge in [0.1, 0.15) is 6.61 Å². The van der Waals surface area contributed by atoms with E-state index in [1.165, 1.54) is 173 Å². The van der Waals surface area contributed by atoms with Gasteiger partial charge < -0.3 is 14.6 Å². The van der Waals surface area contributed by atoms with Crippen LogP contribution in [0.1, 0.15) is 232 Å². The summed E-state index contributed by atoms with van der Waals surface area (Å²) < 4.78 is 10.6. The smallest absolute Gasteiger partial charge is 0.306 e. The fraction of sp³-hybridized carbons (Fsp3) is 0.951. The number of hydrogen-bond donors (Lipinski definition) is 1. The summed E-state index contributed by atoms with van der Waals surface area (Å²) in [5.41, 5.74) is 0. The van der Waals surface area contributed by atoms with E-state index < -0.39 is 6.10 Å². The Balaban J connectivity index is 3.48. The van der Waals surface area contributed by atoms with Crippen LogP contribution in [0.25, 0.3) is 0 Å². The van der Waals surface area contributed by atoms with Gasteiger partial charge >= 0.3 is 11.9 Å². The van der Waals surface area contributed by atoms with E-state index in [1.807, 2.05) is 0 Å². The standard InChI is InChI=1S/C41H80O5/c1-3-5-7-9-11-13-15-17-19-20-22-23-25-27-29-31-33-35-40(43)45-38-39(37-42)46-41(44)36-34-32-30-28-26-24-21-18-16-14-12-10-8-6-4-2/h39,42H,3-38H2,1-2H3/t39-/m0/s1. The van der Waals surface area contributed by atoms with Crippen molar-refractivity contribution >= 4 is 11.9 Å². The van der Waals surface area contributed by atoms with Crippen LogP contribution in [-0.2, 0) is 19.1 Å². The number of esters is 2. The summed E-state index contributed by atoms with van der Waals surface area (Å²) in [6.45, 7) is 4.17. The summed E-state index contributed by atoms with van der Waals surface area (Å²) in [5, 5.41) is 9.56. The summed E-state index contributed by atoms with van der Waals surface area (Å²) in [7, 11) is 0. The second-order valence-corrected chi connectivity index (χ2v) is 14.1. The molecular formula is C41H80O5. The van der Waals surface area contributed by atoms with E-state index in [4.69, 9.17) is 9.47 Å². The van der Waals surface area contributed by atoms with Gasteiger partial charge in [-0.1, -0.05) is 206 Å². The summed E-state index contributed by atoms with van der Waals surface area (Å²) in [6.07, 6.45) is 41.6. The Morgan fingerprint density at radius 3 is 0.957 bits per heavy atom. The SMILES string of the molecule is CCCCCCCCCCCCCCCCCCCC(=O)OC[C@H](CO)OC(=O)CCCCCCCCCCCCCCCCC. The van der Waals surface area contributed by atoms with Crippen molar-refractivity contribution in [2.24, 2.45) is 0 Å². The van der Waals surface area contributed by atoms with Gasteiger partial charge in [0, 0.05) is 12.8 Å². The molecule has 0 aliphatic rings. The molecule has 0 aromatic carbocycles. The Kier molecular flexibility index (Phi) is 37.4. The average molecular weight is 653 g/mol. The Labute approximate surface area is 287 Å². The maximum atomic E-state index is 12.2. The van der Waals surface area contributed by atoms with Crippen LogP contribution in [0.3, 0.4) is 0 Å². The fourth-order valence-electron chi connectivity index (χ4n) is 6.26. The van der Waals surface area contributed by atoms with E-state index >= 15 is 0 Å². The topological polar surface area (TPSA) is 72.8 Å². The third-order valence-corrected chi connectivity index (χ3v) is 9.40.